The van der Waals surface area contributed by atoms with E-state index in [1.807, 2.05) is 0 Å². The number of benzene rings is 1. The van der Waals surface area contributed by atoms with E-state index in [4.69, 9.17) is 4.74 Å². The standard InChI is InChI=1S/C13H11BrFN3O2/c1-2-20-12-9(14)5-8(15)6-10(12)18-13(19)11-7-16-3-4-17-11/h3-7H,2H2,1H3,(H,18,19). The van der Waals surface area contributed by atoms with E-state index < -0.39 is 11.7 Å². The Bertz CT molecular complexity index is 623. The minimum atomic E-state index is -0.491. The predicted molar refractivity (Wildman–Crippen MR) is 75.3 cm³/mol. The van der Waals surface area contributed by atoms with Crippen molar-refractivity contribution in [3.63, 3.8) is 0 Å². The number of hydrogen-bond acceptors (Lipinski definition) is 4. The molecule has 1 heterocycles. The van der Waals surface area contributed by atoms with Gasteiger partial charge in [0.05, 0.1) is 23.0 Å². The van der Waals surface area contributed by atoms with Crippen LogP contribution in [-0.2, 0) is 0 Å². The van der Waals surface area contributed by atoms with Gasteiger partial charge < -0.3 is 10.1 Å². The maximum Gasteiger partial charge on any atom is 0.275 e. The van der Waals surface area contributed by atoms with Crippen LogP contribution in [0.4, 0.5) is 10.1 Å². The Hall–Kier alpha value is -2.02. The molecule has 0 aliphatic heterocycles. The topological polar surface area (TPSA) is 64.1 Å². The van der Waals surface area contributed by atoms with Crippen LogP contribution in [0, 0.1) is 5.82 Å². The van der Waals surface area contributed by atoms with E-state index in [2.05, 4.69) is 31.2 Å². The highest BCUT2D eigenvalue weighted by Gasteiger charge is 2.15. The summed E-state index contributed by atoms with van der Waals surface area (Å²) < 4.78 is 19.3. The Morgan fingerprint density at radius 1 is 1.45 bits per heavy atom. The first-order chi connectivity index (χ1) is 9.61. The van der Waals surface area contributed by atoms with E-state index in [1.165, 1.54) is 30.7 Å². The summed E-state index contributed by atoms with van der Waals surface area (Å²) in [5.41, 5.74) is 0.365. The van der Waals surface area contributed by atoms with Gasteiger partial charge in [0, 0.05) is 18.5 Å². The van der Waals surface area contributed by atoms with Crippen molar-refractivity contribution in [3.8, 4) is 5.75 Å². The normalized spacial score (nSPS) is 10.2. The van der Waals surface area contributed by atoms with Gasteiger partial charge in [0.15, 0.2) is 5.75 Å². The highest BCUT2D eigenvalue weighted by atomic mass is 79.9. The Morgan fingerprint density at radius 2 is 2.25 bits per heavy atom. The number of hydrogen-bond donors (Lipinski definition) is 1. The van der Waals surface area contributed by atoms with Crippen molar-refractivity contribution in [2.24, 2.45) is 0 Å². The quantitative estimate of drug-likeness (QED) is 0.929. The van der Waals surface area contributed by atoms with Gasteiger partial charge in [0.1, 0.15) is 11.5 Å². The summed E-state index contributed by atoms with van der Waals surface area (Å²) in [6.45, 7) is 2.18. The maximum absolute atomic E-state index is 13.4. The Kier molecular flexibility index (Phi) is 4.62. The van der Waals surface area contributed by atoms with Gasteiger partial charge in [-0.3, -0.25) is 9.78 Å². The van der Waals surface area contributed by atoms with Crippen molar-refractivity contribution in [1.82, 2.24) is 9.97 Å². The smallest absolute Gasteiger partial charge is 0.275 e. The molecule has 1 aromatic carbocycles. The summed E-state index contributed by atoms with van der Waals surface area (Å²) in [6.07, 6.45) is 4.19. The van der Waals surface area contributed by atoms with Crippen LogP contribution in [0.1, 0.15) is 17.4 Å². The molecule has 0 spiro atoms. The molecule has 0 bridgehead atoms. The van der Waals surface area contributed by atoms with Gasteiger partial charge >= 0.3 is 0 Å². The van der Waals surface area contributed by atoms with Crippen LogP contribution in [0.5, 0.6) is 5.75 Å². The molecule has 0 aliphatic carbocycles. The van der Waals surface area contributed by atoms with Crippen LogP contribution in [0.15, 0.2) is 35.2 Å². The van der Waals surface area contributed by atoms with Crippen LogP contribution in [0.2, 0.25) is 0 Å². The SMILES string of the molecule is CCOc1c(Br)cc(F)cc1NC(=O)c1cnccn1. The van der Waals surface area contributed by atoms with Crippen molar-refractivity contribution in [3.05, 3.63) is 46.7 Å². The van der Waals surface area contributed by atoms with Crippen molar-refractivity contribution in [1.29, 1.82) is 0 Å². The van der Waals surface area contributed by atoms with Gasteiger partial charge in [-0.25, -0.2) is 9.37 Å². The summed E-state index contributed by atoms with van der Waals surface area (Å²) in [5.74, 6) is -0.613. The fourth-order valence-corrected chi connectivity index (χ4v) is 2.09. The van der Waals surface area contributed by atoms with Crippen LogP contribution in [0.3, 0.4) is 0 Å². The van der Waals surface area contributed by atoms with Gasteiger partial charge in [-0.05, 0) is 28.9 Å². The molecular weight excluding hydrogens is 329 g/mol. The molecule has 20 heavy (non-hydrogen) atoms. The first-order valence-corrected chi connectivity index (χ1v) is 6.60. The molecule has 2 aromatic rings. The number of rotatable bonds is 4. The number of carbonyl (C=O) groups is 1. The lowest BCUT2D eigenvalue weighted by atomic mass is 10.2. The number of nitrogens with zero attached hydrogens (tertiary/aromatic N) is 2. The van der Waals surface area contributed by atoms with Gasteiger partial charge in [-0.1, -0.05) is 0 Å². The molecule has 0 saturated heterocycles. The van der Waals surface area contributed by atoms with Crippen LogP contribution < -0.4 is 10.1 Å². The van der Waals surface area contributed by atoms with Crippen LogP contribution in [0.25, 0.3) is 0 Å². The molecule has 0 saturated carbocycles. The monoisotopic (exact) mass is 339 g/mol. The Morgan fingerprint density at radius 3 is 2.90 bits per heavy atom. The van der Waals surface area contributed by atoms with E-state index in [-0.39, 0.29) is 11.4 Å². The second kappa shape index (κ2) is 6.42. The number of carbonyl (C=O) groups excluding carboxylic acids is 1. The summed E-state index contributed by atoms with van der Waals surface area (Å²) >= 11 is 3.20. The predicted octanol–water partition coefficient (Wildman–Crippen LogP) is 3.03. The Labute approximate surface area is 123 Å². The molecule has 104 valence electrons. The first kappa shape index (κ1) is 14.4. The lowest BCUT2D eigenvalue weighted by molar-refractivity contribution is 0.102. The van der Waals surface area contributed by atoms with Crippen molar-refractivity contribution >= 4 is 27.5 Å². The molecule has 2 rings (SSSR count). The average molecular weight is 340 g/mol. The molecule has 0 aliphatic rings. The van der Waals surface area contributed by atoms with E-state index in [0.717, 1.165) is 0 Å². The molecule has 0 atom stereocenters. The lowest BCUT2D eigenvalue weighted by Gasteiger charge is -2.13. The van der Waals surface area contributed by atoms with Gasteiger partial charge in [0.2, 0.25) is 0 Å². The fourth-order valence-electron chi connectivity index (χ4n) is 1.55. The largest absolute Gasteiger partial charge is 0.491 e. The van der Waals surface area contributed by atoms with Crippen LogP contribution >= 0.6 is 15.9 Å². The third-order valence-electron chi connectivity index (χ3n) is 2.34. The number of aromatic nitrogens is 2. The first-order valence-electron chi connectivity index (χ1n) is 5.81. The summed E-state index contributed by atoms with van der Waals surface area (Å²) in [4.78, 5) is 19.7. The van der Waals surface area contributed by atoms with E-state index in [0.29, 0.717) is 16.8 Å². The van der Waals surface area contributed by atoms with Crippen LogP contribution in [-0.4, -0.2) is 22.5 Å². The zero-order chi connectivity index (χ0) is 14.5. The third kappa shape index (κ3) is 3.30. The number of halogens is 2. The highest BCUT2D eigenvalue weighted by Crippen LogP contribution is 2.34. The highest BCUT2D eigenvalue weighted by molar-refractivity contribution is 9.10. The second-order valence-electron chi connectivity index (χ2n) is 3.74. The molecule has 1 amide bonds. The van der Waals surface area contributed by atoms with Gasteiger partial charge in [-0.15, -0.1) is 0 Å². The minimum absolute atomic E-state index is 0.135. The zero-order valence-electron chi connectivity index (χ0n) is 10.6. The summed E-state index contributed by atoms with van der Waals surface area (Å²) in [7, 11) is 0. The molecule has 5 nitrogen and oxygen atoms in total. The fraction of sp³-hybridized carbons (Fsp3) is 0.154. The van der Waals surface area contributed by atoms with Gasteiger partial charge in [0.25, 0.3) is 5.91 Å². The van der Waals surface area contributed by atoms with E-state index in [1.54, 1.807) is 6.92 Å². The number of anilines is 1. The van der Waals surface area contributed by atoms with E-state index >= 15 is 0 Å². The zero-order valence-corrected chi connectivity index (χ0v) is 12.1. The minimum Gasteiger partial charge on any atom is -0.491 e. The second-order valence-corrected chi connectivity index (χ2v) is 4.60. The Balaban J connectivity index is 2.31. The third-order valence-corrected chi connectivity index (χ3v) is 2.93. The molecule has 0 fully saturated rings. The molecule has 1 aromatic heterocycles. The van der Waals surface area contributed by atoms with Crippen molar-refractivity contribution < 1.29 is 13.9 Å². The van der Waals surface area contributed by atoms with Gasteiger partial charge in [-0.2, -0.15) is 0 Å². The number of nitrogens with one attached hydrogen (secondary N) is 1. The maximum atomic E-state index is 13.4. The average Bonchev–Trinajstić information content (AvgIpc) is 2.43. The van der Waals surface area contributed by atoms with Crippen molar-refractivity contribution in [2.45, 2.75) is 6.92 Å². The number of ether oxygens (including phenoxy) is 1. The summed E-state index contributed by atoms with van der Waals surface area (Å²) in [5, 5.41) is 2.56. The molecule has 0 radical (unpaired) electrons. The lowest BCUT2D eigenvalue weighted by Crippen LogP contribution is -2.15. The van der Waals surface area contributed by atoms with E-state index in [9.17, 15) is 9.18 Å². The molecule has 0 unspecified atom stereocenters. The molecule has 7 heteroatoms. The number of amides is 1. The molecule has 1 N–H and O–H groups in total. The molecular formula is C13H11BrFN3O2. The van der Waals surface area contributed by atoms with Crippen molar-refractivity contribution in [2.75, 3.05) is 11.9 Å². The summed E-state index contributed by atoms with van der Waals surface area (Å²) in [6, 6.07) is 2.45.